The number of aromatic nitrogens is 5. The van der Waals surface area contributed by atoms with Crippen molar-refractivity contribution in [1.29, 1.82) is 0 Å². The average Bonchev–Trinajstić information content (AvgIpc) is 3.77. The van der Waals surface area contributed by atoms with E-state index in [2.05, 4.69) is 25.7 Å². The number of amides is 3. The van der Waals surface area contributed by atoms with Crippen LogP contribution >= 0.6 is 11.3 Å². The van der Waals surface area contributed by atoms with Crippen LogP contribution in [0.1, 0.15) is 18.2 Å². The molecule has 0 unspecified atom stereocenters. The number of nitrogens with one attached hydrogen (secondary N) is 2. The number of benzene rings is 1. The third kappa shape index (κ3) is 7.05. The standard InChI is InChI=1S/C29H30F4N10O5S/c1-2-20-22(39-6-8-40(9-7-39)25(47)23(45)36-27-34-5-14-49-27)24(46)43-28(37-26(38-43)41-10-12-48-13-11-41)42(20)16-21(44)35-19-4-3-17(15-18(19)30)29(31,32)33/h3-5,14-15H,2,6-13,16H2,1H3,(H,35,44)(H,34,36,45). The molecule has 0 spiro atoms. The first-order chi connectivity index (χ1) is 23.4. The predicted octanol–water partition coefficient (Wildman–Crippen LogP) is 1.83. The van der Waals surface area contributed by atoms with Crippen LogP contribution in [-0.4, -0.2) is 99.3 Å². The zero-order valence-corrected chi connectivity index (χ0v) is 26.8. The zero-order chi connectivity index (χ0) is 34.9. The molecule has 4 aromatic rings. The molecule has 3 aromatic heterocycles. The van der Waals surface area contributed by atoms with E-state index in [1.807, 2.05) is 4.90 Å². The summed E-state index contributed by atoms with van der Waals surface area (Å²) in [5.74, 6) is -3.39. The van der Waals surface area contributed by atoms with Gasteiger partial charge in [0.15, 0.2) is 5.13 Å². The molecule has 2 aliphatic rings. The normalized spacial score (nSPS) is 15.5. The Kier molecular flexibility index (Phi) is 9.50. The molecular weight excluding hydrogens is 676 g/mol. The average molecular weight is 707 g/mol. The van der Waals surface area contributed by atoms with Gasteiger partial charge in [-0.3, -0.25) is 24.5 Å². The van der Waals surface area contributed by atoms with E-state index in [0.717, 1.165) is 10.6 Å². The number of alkyl halides is 3. The number of anilines is 4. The third-order valence-corrected chi connectivity index (χ3v) is 8.73. The van der Waals surface area contributed by atoms with Gasteiger partial charge in [-0.2, -0.15) is 22.7 Å². The molecule has 2 fully saturated rings. The quantitative estimate of drug-likeness (QED) is 0.215. The number of hydrogen-bond donors (Lipinski definition) is 2. The first-order valence-electron chi connectivity index (χ1n) is 15.2. The van der Waals surface area contributed by atoms with Crippen LogP contribution < -0.4 is 26.0 Å². The maximum atomic E-state index is 14.6. The second-order valence-electron chi connectivity index (χ2n) is 11.1. The molecule has 0 aliphatic carbocycles. The number of ether oxygens (including phenoxy) is 1. The molecule has 2 N–H and O–H groups in total. The molecule has 5 heterocycles. The minimum absolute atomic E-state index is 0.0304. The highest BCUT2D eigenvalue weighted by atomic mass is 32.1. The monoisotopic (exact) mass is 706 g/mol. The van der Waals surface area contributed by atoms with Crippen LogP contribution in [0.25, 0.3) is 5.78 Å². The Morgan fingerprint density at radius 2 is 1.76 bits per heavy atom. The number of carbonyl (C=O) groups excluding carboxylic acids is 3. The molecule has 20 heteroatoms. The number of rotatable bonds is 7. The van der Waals surface area contributed by atoms with Crippen LogP contribution in [0.15, 0.2) is 34.6 Å². The molecule has 6 rings (SSSR count). The van der Waals surface area contributed by atoms with E-state index in [9.17, 15) is 36.7 Å². The molecular formula is C29H30F4N10O5S. The molecule has 0 saturated carbocycles. The van der Waals surface area contributed by atoms with Gasteiger partial charge in [0.25, 0.3) is 5.56 Å². The van der Waals surface area contributed by atoms with E-state index in [1.54, 1.807) is 17.2 Å². The number of piperazine rings is 1. The molecule has 0 bridgehead atoms. The summed E-state index contributed by atoms with van der Waals surface area (Å²) in [5, 5.41) is 11.2. The Morgan fingerprint density at radius 3 is 2.39 bits per heavy atom. The van der Waals surface area contributed by atoms with Crippen molar-refractivity contribution < 1.29 is 36.7 Å². The smallest absolute Gasteiger partial charge is 0.378 e. The van der Waals surface area contributed by atoms with Gasteiger partial charge in [-0.1, -0.05) is 6.92 Å². The SMILES string of the molecule is CCc1c(N2CCN(C(=O)C(=O)Nc3nccs3)CC2)c(=O)n2nc(N3CCOCC3)nc2n1CC(=O)Nc1ccc(C(F)(F)F)cc1F. The molecule has 49 heavy (non-hydrogen) atoms. The Morgan fingerprint density at radius 1 is 1.02 bits per heavy atom. The number of carbonyl (C=O) groups is 3. The topological polar surface area (TPSA) is 159 Å². The van der Waals surface area contributed by atoms with Crippen molar-refractivity contribution in [3.8, 4) is 0 Å². The molecule has 2 saturated heterocycles. The summed E-state index contributed by atoms with van der Waals surface area (Å²) >= 11 is 1.17. The Bertz CT molecular complexity index is 1930. The summed E-state index contributed by atoms with van der Waals surface area (Å²) in [6.07, 6.45) is -3.04. The molecule has 15 nitrogen and oxygen atoms in total. The second kappa shape index (κ2) is 13.8. The summed E-state index contributed by atoms with van der Waals surface area (Å²) in [6.45, 7) is 3.56. The number of fused-ring (bicyclic) bond motifs is 1. The molecule has 0 radical (unpaired) electrons. The predicted molar refractivity (Wildman–Crippen MR) is 169 cm³/mol. The van der Waals surface area contributed by atoms with Gasteiger partial charge in [0, 0.05) is 50.8 Å². The lowest BCUT2D eigenvalue weighted by molar-refractivity contribution is -0.143. The lowest BCUT2D eigenvalue weighted by atomic mass is 10.2. The van der Waals surface area contributed by atoms with E-state index in [0.29, 0.717) is 44.1 Å². The fourth-order valence-electron chi connectivity index (χ4n) is 5.65. The highest BCUT2D eigenvalue weighted by Gasteiger charge is 2.33. The Hall–Kier alpha value is -5.11. The highest BCUT2D eigenvalue weighted by Crippen LogP contribution is 2.31. The number of morpholine rings is 1. The largest absolute Gasteiger partial charge is 0.416 e. The minimum Gasteiger partial charge on any atom is -0.378 e. The number of thiazole rings is 1. The van der Waals surface area contributed by atoms with Crippen molar-refractivity contribution in [3.05, 3.63) is 57.2 Å². The molecule has 0 atom stereocenters. The van der Waals surface area contributed by atoms with Gasteiger partial charge in [0.2, 0.25) is 17.6 Å². The maximum Gasteiger partial charge on any atom is 0.416 e. The van der Waals surface area contributed by atoms with Crippen LogP contribution in [0.3, 0.4) is 0 Å². The number of hydrogen-bond acceptors (Lipinski definition) is 11. The van der Waals surface area contributed by atoms with Crippen molar-refractivity contribution in [2.75, 3.05) is 72.9 Å². The Balaban J connectivity index is 1.30. The van der Waals surface area contributed by atoms with Crippen molar-refractivity contribution in [1.82, 2.24) is 29.0 Å². The fraction of sp³-hybridized carbons (Fsp3) is 0.414. The molecule has 1 aromatic carbocycles. The summed E-state index contributed by atoms with van der Waals surface area (Å²) in [4.78, 5) is 66.2. The summed E-state index contributed by atoms with van der Waals surface area (Å²) in [7, 11) is 0. The number of halogens is 4. The van der Waals surface area contributed by atoms with Gasteiger partial charge in [0.1, 0.15) is 18.0 Å². The van der Waals surface area contributed by atoms with Gasteiger partial charge >= 0.3 is 18.0 Å². The van der Waals surface area contributed by atoms with Crippen molar-refractivity contribution in [2.45, 2.75) is 26.1 Å². The van der Waals surface area contributed by atoms with Crippen LogP contribution in [0.5, 0.6) is 0 Å². The lowest BCUT2D eigenvalue weighted by Gasteiger charge is -2.36. The fourth-order valence-corrected chi connectivity index (χ4v) is 6.18. The van der Waals surface area contributed by atoms with Gasteiger partial charge in [-0.25, -0.2) is 9.37 Å². The first kappa shape index (κ1) is 33.8. The zero-order valence-electron chi connectivity index (χ0n) is 26.0. The second-order valence-corrected chi connectivity index (χ2v) is 12.0. The summed E-state index contributed by atoms with van der Waals surface area (Å²) in [5.41, 5.74) is -1.60. The van der Waals surface area contributed by atoms with Crippen LogP contribution in [-0.2, 0) is 38.3 Å². The van der Waals surface area contributed by atoms with Crippen LogP contribution in [0.2, 0.25) is 0 Å². The molecule has 260 valence electrons. The van der Waals surface area contributed by atoms with Crippen molar-refractivity contribution in [2.24, 2.45) is 0 Å². The van der Waals surface area contributed by atoms with Gasteiger partial charge in [-0.05, 0) is 24.6 Å². The maximum absolute atomic E-state index is 14.6. The molecule has 2 aliphatic heterocycles. The molecule has 3 amide bonds. The van der Waals surface area contributed by atoms with Gasteiger partial charge in [0.05, 0.1) is 30.2 Å². The van der Waals surface area contributed by atoms with Crippen LogP contribution in [0, 0.1) is 5.82 Å². The lowest BCUT2D eigenvalue weighted by Crippen LogP contribution is -2.53. The van der Waals surface area contributed by atoms with Crippen molar-refractivity contribution in [3.63, 3.8) is 0 Å². The van der Waals surface area contributed by atoms with Crippen molar-refractivity contribution >= 4 is 57.3 Å². The van der Waals surface area contributed by atoms with Gasteiger partial charge in [-0.15, -0.1) is 16.4 Å². The van der Waals surface area contributed by atoms with E-state index in [4.69, 9.17) is 4.74 Å². The minimum atomic E-state index is -4.77. The summed E-state index contributed by atoms with van der Waals surface area (Å²) in [6, 6.07) is 1.78. The van der Waals surface area contributed by atoms with E-state index >= 15 is 0 Å². The van der Waals surface area contributed by atoms with E-state index < -0.39 is 53.1 Å². The highest BCUT2D eigenvalue weighted by molar-refractivity contribution is 7.13. The summed E-state index contributed by atoms with van der Waals surface area (Å²) < 4.78 is 61.7. The van der Waals surface area contributed by atoms with E-state index in [1.165, 1.54) is 27.0 Å². The Labute approximate surface area is 279 Å². The van der Waals surface area contributed by atoms with Crippen LogP contribution in [0.4, 0.5) is 40.0 Å². The number of nitrogens with zero attached hydrogens (tertiary/aromatic N) is 8. The van der Waals surface area contributed by atoms with E-state index in [-0.39, 0.29) is 55.1 Å². The third-order valence-electron chi connectivity index (χ3n) is 8.05. The van der Waals surface area contributed by atoms with Gasteiger partial charge < -0.3 is 29.3 Å². The first-order valence-corrected chi connectivity index (χ1v) is 16.1.